The van der Waals surface area contributed by atoms with Crippen LogP contribution in [0.2, 0.25) is 0 Å². The van der Waals surface area contributed by atoms with Gasteiger partial charge in [0.05, 0.1) is 11.4 Å². The van der Waals surface area contributed by atoms with Crippen LogP contribution >= 0.6 is 0 Å². The molecule has 2 aliphatic carbocycles. The Bertz CT molecular complexity index is 732. The van der Waals surface area contributed by atoms with Crippen LogP contribution in [-0.4, -0.2) is 35.7 Å². The van der Waals surface area contributed by atoms with Gasteiger partial charge in [-0.3, -0.25) is 4.79 Å². The molecule has 3 rings (SSSR count). The van der Waals surface area contributed by atoms with E-state index >= 15 is 0 Å². The molecule has 1 aromatic rings. The smallest absolute Gasteiger partial charge is 0.407 e. The zero-order chi connectivity index (χ0) is 21.0. The third kappa shape index (κ3) is 6.27. The minimum atomic E-state index is -0.495. The third-order valence-electron chi connectivity index (χ3n) is 5.47. The maximum absolute atomic E-state index is 12.5. The van der Waals surface area contributed by atoms with Gasteiger partial charge in [0.25, 0.3) is 5.91 Å². The summed E-state index contributed by atoms with van der Waals surface area (Å²) in [4.78, 5) is 24.3. The van der Waals surface area contributed by atoms with Crippen molar-refractivity contribution in [2.75, 3.05) is 11.1 Å². The van der Waals surface area contributed by atoms with E-state index in [-0.39, 0.29) is 30.1 Å². The van der Waals surface area contributed by atoms with Crippen LogP contribution in [0, 0.1) is 0 Å². The Balaban J connectivity index is 1.45. The van der Waals surface area contributed by atoms with Gasteiger partial charge in [-0.05, 0) is 64.7 Å². The molecule has 0 spiro atoms. The highest BCUT2D eigenvalue weighted by Crippen LogP contribution is 2.28. The lowest BCUT2D eigenvalue weighted by molar-refractivity contribution is 0.0475. The summed E-state index contributed by atoms with van der Waals surface area (Å²) in [5, 5.41) is 9.40. The second kappa shape index (κ2) is 8.93. The first kappa shape index (κ1) is 21.3. The number of alkyl carbamates (subject to hydrolysis) is 1. The summed E-state index contributed by atoms with van der Waals surface area (Å²) in [5.74, 6) is -0.0552. The number of hydrogen-bond donors (Lipinski definition) is 4. The quantitative estimate of drug-likeness (QED) is 0.561. The molecule has 0 saturated heterocycles. The Morgan fingerprint density at radius 3 is 2.31 bits per heavy atom. The Morgan fingerprint density at radius 1 is 1.00 bits per heavy atom. The van der Waals surface area contributed by atoms with Gasteiger partial charge in [-0.25, -0.2) is 4.79 Å². The van der Waals surface area contributed by atoms with E-state index in [0.717, 1.165) is 31.4 Å². The summed E-state index contributed by atoms with van der Waals surface area (Å²) in [5.41, 5.74) is 7.65. The number of rotatable bonds is 5. The van der Waals surface area contributed by atoms with Crippen molar-refractivity contribution in [3.05, 3.63) is 23.8 Å². The van der Waals surface area contributed by atoms with Gasteiger partial charge in [-0.2, -0.15) is 0 Å². The van der Waals surface area contributed by atoms with Gasteiger partial charge in [0.2, 0.25) is 0 Å². The number of carbonyl (C=O) groups excluding carboxylic acids is 2. The fourth-order valence-electron chi connectivity index (χ4n) is 3.90. The second-order valence-electron chi connectivity index (χ2n) is 9.27. The van der Waals surface area contributed by atoms with E-state index in [1.54, 1.807) is 6.07 Å². The fourth-order valence-corrected chi connectivity index (χ4v) is 3.90. The summed E-state index contributed by atoms with van der Waals surface area (Å²) in [7, 11) is 0. The molecule has 5 N–H and O–H groups in total. The lowest BCUT2D eigenvalue weighted by Crippen LogP contribution is -2.50. The molecule has 0 aliphatic heterocycles. The highest BCUT2D eigenvalue weighted by Gasteiger charge is 2.32. The Kier molecular flexibility index (Phi) is 6.55. The molecule has 2 fully saturated rings. The molecular weight excluding hydrogens is 368 g/mol. The SMILES string of the molecule is CC(C)(C)OC(=O)NC1CC(Nc2ccc(C(=O)NC3CCCCC3)cc2N)C1. The first-order chi connectivity index (χ1) is 13.7. The van der Waals surface area contributed by atoms with Gasteiger partial charge in [0.15, 0.2) is 0 Å². The highest BCUT2D eigenvalue weighted by molar-refractivity contribution is 5.96. The van der Waals surface area contributed by atoms with Crippen molar-refractivity contribution in [3.63, 3.8) is 0 Å². The van der Waals surface area contributed by atoms with Crippen LogP contribution in [-0.2, 0) is 4.74 Å². The van der Waals surface area contributed by atoms with Crippen molar-refractivity contribution >= 4 is 23.4 Å². The zero-order valence-electron chi connectivity index (χ0n) is 17.7. The fraction of sp³-hybridized carbons (Fsp3) is 0.636. The van der Waals surface area contributed by atoms with Gasteiger partial charge in [0, 0.05) is 23.7 Å². The van der Waals surface area contributed by atoms with Crippen LogP contribution < -0.4 is 21.7 Å². The first-order valence-electron chi connectivity index (χ1n) is 10.7. The maximum Gasteiger partial charge on any atom is 0.407 e. The minimum Gasteiger partial charge on any atom is -0.444 e. The monoisotopic (exact) mass is 402 g/mol. The molecule has 0 radical (unpaired) electrons. The molecule has 0 atom stereocenters. The van der Waals surface area contributed by atoms with E-state index in [4.69, 9.17) is 10.5 Å². The summed E-state index contributed by atoms with van der Waals surface area (Å²) in [6.07, 6.45) is 6.97. The number of nitrogens with two attached hydrogens (primary N) is 1. The van der Waals surface area contributed by atoms with E-state index < -0.39 is 5.60 Å². The number of amides is 2. The number of carbonyl (C=O) groups is 2. The van der Waals surface area contributed by atoms with Crippen LogP contribution in [0.25, 0.3) is 0 Å². The molecular formula is C22H34N4O3. The van der Waals surface area contributed by atoms with Gasteiger partial charge in [-0.15, -0.1) is 0 Å². The highest BCUT2D eigenvalue weighted by atomic mass is 16.6. The van der Waals surface area contributed by atoms with Crippen molar-refractivity contribution in [3.8, 4) is 0 Å². The van der Waals surface area contributed by atoms with Gasteiger partial charge >= 0.3 is 6.09 Å². The van der Waals surface area contributed by atoms with E-state index in [1.165, 1.54) is 19.3 Å². The number of hydrogen-bond acceptors (Lipinski definition) is 5. The molecule has 0 aromatic heterocycles. The molecule has 0 unspecified atom stereocenters. The standard InChI is InChI=1S/C22H34N4O3/c1-22(2,3)29-21(28)26-17-12-16(13-17)24-19-10-9-14(11-18(19)23)20(27)25-15-7-5-4-6-8-15/h9-11,15-17,24H,4-8,12-13,23H2,1-3H3,(H,25,27)(H,26,28). The van der Waals surface area contributed by atoms with Crippen LogP contribution in [0.1, 0.15) is 76.1 Å². The van der Waals surface area contributed by atoms with Crippen LogP contribution in [0.3, 0.4) is 0 Å². The predicted octanol–water partition coefficient (Wildman–Crippen LogP) is 3.80. The maximum atomic E-state index is 12.5. The topological polar surface area (TPSA) is 105 Å². The number of ether oxygens (including phenoxy) is 1. The summed E-state index contributed by atoms with van der Waals surface area (Å²) in [6.45, 7) is 5.54. The molecule has 2 aliphatic rings. The Hall–Kier alpha value is -2.44. The summed E-state index contributed by atoms with van der Waals surface area (Å²) >= 11 is 0. The van der Waals surface area contributed by atoms with Crippen molar-refractivity contribution < 1.29 is 14.3 Å². The van der Waals surface area contributed by atoms with E-state index in [0.29, 0.717) is 11.3 Å². The Labute approximate surface area is 173 Å². The lowest BCUT2D eigenvalue weighted by atomic mass is 9.86. The molecule has 160 valence electrons. The average Bonchev–Trinajstić information content (AvgIpc) is 2.60. The van der Waals surface area contributed by atoms with Gasteiger partial charge in [0.1, 0.15) is 5.60 Å². The predicted molar refractivity (Wildman–Crippen MR) is 115 cm³/mol. The minimum absolute atomic E-state index is 0.0552. The largest absolute Gasteiger partial charge is 0.444 e. The van der Waals surface area contributed by atoms with Crippen LogP contribution in [0.4, 0.5) is 16.2 Å². The van der Waals surface area contributed by atoms with E-state index in [1.807, 2.05) is 32.9 Å². The van der Waals surface area contributed by atoms with Crippen molar-refractivity contribution in [2.24, 2.45) is 0 Å². The molecule has 2 amide bonds. The molecule has 0 heterocycles. The zero-order valence-corrected chi connectivity index (χ0v) is 17.7. The molecule has 2 saturated carbocycles. The molecule has 1 aromatic carbocycles. The molecule has 7 nitrogen and oxygen atoms in total. The number of nitrogen functional groups attached to an aromatic ring is 1. The van der Waals surface area contributed by atoms with Crippen molar-refractivity contribution in [1.82, 2.24) is 10.6 Å². The van der Waals surface area contributed by atoms with Crippen LogP contribution in [0.15, 0.2) is 18.2 Å². The first-order valence-corrected chi connectivity index (χ1v) is 10.7. The van der Waals surface area contributed by atoms with Crippen molar-refractivity contribution in [1.29, 1.82) is 0 Å². The van der Waals surface area contributed by atoms with Crippen LogP contribution in [0.5, 0.6) is 0 Å². The van der Waals surface area contributed by atoms with E-state index in [2.05, 4.69) is 16.0 Å². The molecule has 0 bridgehead atoms. The average molecular weight is 403 g/mol. The summed E-state index contributed by atoms with van der Waals surface area (Å²) in [6, 6.07) is 6.02. The van der Waals surface area contributed by atoms with Crippen molar-refractivity contribution in [2.45, 2.75) is 89.4 Å². The normalized spacial score (nSPS) is 22.3. The Morgan fingerprint density at radius 2 is 1.69 bits per heavy atom. The molecule has 7 heteroatoms. The second-order valence-corrected chi connectivity index (χ2v) is 9.27. The number of nitrogens with one attached hydrogen (secondary N) is 3. The van der Waals surface area contributed by atoms with E-state index in [9.17, 15) is 9.59 Å². The molecule has 29 heavy (non-hydrogen) atoms. The summed E-state index contributed by atoms with van der Waals surface area (Å²) < 4.78 is 5.28. The number of benzene rings is 1. The van der Waals surface area contributed by atoms with Gasteiger partial charge in [-0.1, -0.05) is 19.3 Å². The van der Waals surface area contributed by atoms with Gasteiger partial charge < -0.3 is 26.4 Å². The number of anilines is 2. The lowest BCUT2D eigenvalue weighted by Gasteiger charge is -2.37. The third-order valence-corrected chi connectivity index (χ3v) is 5.47.